The van der Waals surface area contributed by atoms with Crippen LogP contribution in [-0.4, -0.2) is 29.3 Å². The number of nitrogens with one attached hydrogen (secondary N) is 1. The highest BCUT2D eigenvalue weighted by atomic mass is 35.5. The zero-order valence-corrected chi connectivity index (χ0v) is 16.3. The van der Waals surface area contributed by atoms with E-state index >= 15 is 0 Å². The molecule has 0 radical (unpaired) electrons. The monoisotopic (exact) mass is 392 g/mol. The predicted molar refractivity (Wildman–Crippen MR) is 105 cm³/mol. The molecule has 0 aliphatic rings. The summed E-state index contributed by atoms with van der Waals surface area (Å²) in [6, 6.07) is 13.8. The second-order valence-electron chi connectivity index (χ2n) is 6.03. The fourth-order valence-corrected chi connectivity index (χ4v) is 2.95. The molecule has 0 unspecified atom stereocenters. The van der Waals surface area contributed by atoms with E-state index in [2.05, 4.69) is 5.32 Å². The first-order valence-corrected chi connectivity index (χ1v) is 9.22. The van der Waals surface area contributed by atoms with Crippen LogP contribution in [-0.2, 0) is 22.6 Å². The summed E-state index contributed by atoms with van der Waals surface area (Å²) in [7, 11) is 0. The van der Waals surface area contributed by atoms with Crippen LogP contribution in [0.4, 0.5) is 0 Å². The molecular weight excluding hydrogens is 371 g/mol. The van der Waals surface area contributed by atoms with Crippen LogP contribution < -0.4 is 5.32 Å². The molecule has 1 atom stereocenters. The van der Waals surface area contributed by atoms with Gasteiger partial charge in [0.05, 0.1) is 6.42 Å². The Hall–Kier alpha value is -2.04. The number of carbonyl (C=O) groups excluding carboxylic acids is 2. The second kappa shape index (κ2) is 9.60. The summed E-state index contributed by atoms with van der Waals surface area (Å²) in [5, 5.41) is 3.99. The summed E-state index contributed by atoms with van der Waals surface area (Å²) in [5.41, 5.74) is 1.72. The smallest absolute Gasteiger partial charge is 0.242 e. The highest BCUT2D eigenvalue weighted by molar-refractivity contribution is 6.30. The Bertz CT molecular complexity index is 763. The minimum atomic E-state index is -0.589. The standard InChI is InChI=1S/C20H22Cl2N2O2/c1-3-23-20(26)14(2)24(13-16-5-4-6-18(22)11-16)19(25)12-15-7-9-17(21)10-8-15/h4-11,14H,3,12-13H2,1-2H3,(H,23,26)/t14-/m1/s1. The van der Waals surface area contributed by atoms with E-state index in [1.54, 1.807) is 36.1 Å². The number of hydrogen-bond acceptors (Lipinski definition) is 2. The van der Waals surface area contributed by atoms with E-state index in [1.165, 1.54) is 0 Å². The highest BCUT2D eigenvalue weighted by Gasteiger charge is 2.25. The maximum atomic E-state index is 12.9. The zero-order chi connectivity index (χ0) is 19.1. The maximum Gasteiger partial charge on any atom is 0.242 e. The van der Waals surface area contributed by atoms with Gasteiger partial charge >= 0.3 is 0 Å². The summed E-state index contributed by atoms with van der Waals surface area (Å²) in [6.07, 6.45) is 0.196. The van der Waals surface area contributed by atoms with Gasteiger partial charge in [-0.25, -0.2) is 0 Å². The molecule has 26 heavy (non-hydrogen) atoms. The number of hydrogen-bond donors (Lipinski definition) is 1. The highest BCUT2D eigenvalue weighted by Crippen LogP contribution is 2.17. The van der Waals surface area contributed by atoms with Gasteiger partial charge in [0.2, 0.25) is 11.8 Å². The molecule has 0 aliphatic heterocycles. The van der Waals surface area contributed by atoms with Gasteiger partial charge in [-0.2, -0.15) is 0 Å². The van der Waals surface area contributed by atoms with Gasteiger partial charge in [0.15, 0.2) is 0 Å². The number of benzene rings is 2. The van der Waals surface area contributed by atoms with Gasteiger partial charge < -0.3 is 10.2 Å². The van der Waals surface area contributed by atoms with Crippen LogP contribution in [0, 0.1) is 0 Å². The van der Waals surface area contributed by atoms with Crippen molar-refractivity contribution in [1.82, 2.24) is 10.2 Å². The molecule has 0 heterocycles. The van der Waals surface area contributed by atoms with Gasteiger partial charge in [0, 0.05) is 23.1 Å². The molecule has 2 aromatic carbocycles. The van der Waals surface area contributed by atoms with Crippen molar-refractivity contribution in [3.63, 3.8) is 0 Å². The fourth-order valence-electron chi connectivity index (χ4n) is 2.62. The normalized spacial score (nSPS) is 11.7. The Morgan fingerprint density at radius 3 is 2.35 bits per heavy atom. The van der Waals surface area contributed by atoms with Crippen molar-refractivity contribution in [2.24, 2.45) is 0 Å². The molecule has 0 saturated carbocycles. The average Bonchev–Trinajstić information content (AvgIpc) is 2.61. The van der Waals surface area contributed by atoms with E-state index in [0.717, 1.165) is 11.1 Å². The number of rotatable bonds is 7. The van der Waals surface area contributed by atoms with Crippen LogP contribution in [0.1, 0.15) is 25.0 Å². The van der Waals surface area contributed by atoms with E-state index in [-0.39, 0.29) is 18.2 Å². The number of nitrogens with zero attached hydrogens (tertiary/aromatic N) is 1. The lowest BCUT2D eigenvalue weighted by molar-refractivity contribution is -0.140. The van der Waals surface area contributed by atoms with Gasteiger partial charge in [0.25, 0.3) is 0 Å². The molecule has 2 aromatic rings. The summed E-state index contributed by atoms with van der Waals surface area (Å²) in [6.45, 7) is 4.40. The first kappa shape index (κ1) is 20.3. The van der Waals surface area contributed by atoms with Crippen molar-refractivity contribution in [1.29, 1.82) is 0 Å². The Morgan fingerprint density at radius 2 is 1.73 bits per heavy atom. The van der Waals surface area contributed by atoms with Gasteiger partial charge in [-0.3, -0.25) is 9.59 Å². The third kappa shape index (κ3) is 5.75. The first-order valence-electron chi connectivity index (χ1n) is 8.46. The summed E-state index contributed by atoms with van der Waals surface area (Å²) < 4.78 is 0. The second-order valence-corrected chi connectivity index (χ2v) is 6.90. The van der Waals surface area contributed by atoms with E-state index in [1.807, 2.05) is 31.2 Å². The van der Waals surface area contributed by atoms with Gasteiger partial charge in [-0.15, -0.1) is 0 Å². The van der Waals surface area contributed by atoms with Crippen LogP contribution in [0.5, 0.6) is 0 Å². The topological polar surface area (TPSA) is 49.4 Å². The van der Waals surface area contributed by atoms with Crippen molar-refractivity contribution < 1.29 is 9.59 Å². The van der Waals surface area contributed by atoms with Crippen molar-refractivity contribution in [3.8, 4) is 0 Å². The minimum Gasteiger partial charge on any atom is -0.355 e. The fraction of sp³-hybridized carbons (Fsp3) is 0.300. The number of amides is 2. The molecular formula is C20H22Cl2N2O2. The van der Waals surface area contributed by atoms with Crippen molar-refractivity contribution >= 4 is 35.0 Å². The molecule has 1 N–H and O–H groups in total. The third-order valence-corrected chi connectivity index (χ3v) is 4.52. The Kier molecular flexibility index (Phi) is 7.49. The van der Waals surface area contributed by atoms with Crippen molar-refractivity contribution in [3.05, 3.63) is 69.7 Å². The number of likely N-dealkylation sites (N-methyl/N-ethyl adjacent to an activating group) is 1. The lowest BCUT2D eigenvalue weighted by Crippen LogP contribution is -2.48. The molecule has 4 nitrogen and oxygen atoms in total. The minimum absolute atomic E-state index is 0.133. The number of carbonyl (C=O) groups is 2. The van der Waals surface area contributed by atoms with E-state index < -0.39 is 6.04 Å². The van der Waals surface area contributed by atoms with Crippen LogP contribution >= 0.6 is 23.2 Å². The number of halogens is 2. The molecule has 2 rings (SSSR count). The van der Waals surface area contributed by atoms with Crippen LogP contribution in [0.3, 0.4) is 0 Å². The van der Waals surface area contributed by atoms with Crippen LogP contribution in [0.2, 0.25) is 10.0 Å². The summed E-state index contributed by atoms with van der Waals surface area (Å²) in [5.74, 6) is -0.315. The largest absolute Gasteiger partial charge is 0.355 e. The first-order chi connectivity index (χ1) is 12.4. The zero-order valence-electron chi connectivity index (χ0n) is 14.8. The van der Waals surface area contributed by atoms with Gasteiger partial charge in [-0.05, 0) is 49.2 Å². The van der Waals surface area contributed by atoms with Crippen LogP contribution in [0.15, 0.2) is 48.5 Å². The van der Waals surface area contributed by atoms with E-state index in [9.17, 15) is 9.59 Å². The predicted octanol–water partition coefficient (Wildman–Crippen LogP) is 4.09. The van der Waals surface area contributed by atoms with Gasteiger partial charge in [-0.1, -0.05) is 47.5 Å². The van der Waals surface area contributed by atoms with E-state index in [0.29, 0.717) is 23.1 Å². The SMILES string of the molecule is CCNC(=O)[C@@H](C)N(Cc1cccc(Cl)c1)C(=O)Cc1ccc(Cl)cc1. The maximum absolute atomic E-state index is 12.9. The quantitative estimate of drug-likeness (QED) is 0.771. The lowest BCUT2D eigenvalue weighted by atomic mass is 10.1. The average molecular weight is 393 g/mol. The molecule has 0 saturated heterocycles. The Morgan fingerprint density at radius 1 is 1.04 bits per heavy atom. The lowest BCUT2D eigenvalue weighted by Gasteiger charge is -2.29. The van der Waals surface area contributed by atoms with E-state index in [4.69, 9.17) is 23.2 Å². The molecule has 2 amide bonds. The summed E-state index contributed by atoms with van der Waals surface area (Å²) in [4.78, 5) is 26.8. The molecule has 0 aliphatic carbocycles. The van der Waals surface area contributed by atoms with Crippen molar-refractivity contribution in [2.45, 2.75) is 32.9 Å². The molecule has 0 spiro atoms. The molecule has 6 heteroatoms. The van der Waals surface area contributed by atoms with Crippen molar-refractivity contribution in [2.75, 3.05) is 6.54 Å². The third-order valence-electron chi connectivity index (χ3n) is 4.03. The molecule has 0 bridgehead atoms. The molecule has 0 aromatic heterocycles. The molecule has 0 fully saturated rings. The Balaban J connectivity index is 2.21. The molecule has 138 valence electrons. The van der Waals surface area contributed by atoms with Gasteiger partial charge in [0.1, 0.15) is 6.04 Å². The summed E-state index contributed by atoms with van der Waals surface area (Å²) >= 11 is 11.9. The van der Waals surface area contributed by atoms with Crippen LogP contribution in [0.25, 0.3) is 0 Å². The Labute approximate surface area is 164 Å².